The number of anilines is 1. The first-order valence-corrected chi connectivity index (χ1v) is 5.13. The fraction of sp³-hybridized carbons (Fsp3) is 0.0833. The highest BCUT2D eigenvalue weighted by atomic mass is 16.3. The summed E-state index contributed by atoms with van der Waals surface area (Å²) in [5.74, 6) is -0.501. The van der Waals surface area contributed by atoms with Gasteiger partial charge >= 0.3 is 0 Å². The number of rotatable bonds is 1. The maximum Gasteiger partial charge on any atom is 0.267 e. The average Bonchev–Trinajstić information content (AvgIpc) is 2.64. The first kappa shape index (κ1) is 9.92. The van der Waals surface area contributed by atoms with E-state index in [1.54, 1.807) is 24.3 Å². The zero-order valence-electron chi connectivity index (χ0n) is 8.79. The molecule has 0 saturated carbocycles. The highest BCUT2D eigenvalue weighted by molar-refractivity contribution is 6.06. The predicted molar refractivity (Wildman–Crippen MR) is 60.1 cm³/mol. The molecule has 0 radical (unpaired) electrons. The smallest absolute Gasteiger partial charge is 0.267 e. The molecular weight excluding hydrogens is 218 g/mol. The molecule has 3 rings (SSSR count). The monoisotopic (exact) mass is 227 g/mol. The maximum absolute atomic E-state index is 11.9. The number of hydrogen-bond donors (Lipinski definition) is 2. The lowest BCUT2D eigenvalue weighted by atomic mass is 9.92. The van der Waals surface area contributed by atoms with Crippen LogP contribution in [0.1, 0.15) is 11.3 Å². The van der Waals surface area contributed by atoms with Crippen molar-refractivity contribution in [3.63, 3.8) is 0 Å². The summed E-state index contributed by atoms with van der Waals surface area (Å²) in [6.45, 7) is 0. The number of nitrogens with one attached hydrogen (secondary N) is 1. The summed E-state index contributed by atoms with van der Waals surface area (Å²) in [7, 11) is 0. The van der Waals surface area contributed by atoms with E-state index in [1.165, 1.54) is 18.6 Å². The fourth-order valence-corrected chi connectivity index (χ4v) is 1.98. The summed E-state index contributed by atoms with van der Waals surface area (Å²) in [6, 6.07) is 6.99. The van der Waals surface area contributed by atoms with Gasteiger partial charge < -0.3 is 10.4 Å². The molecule has 1 aromatic heterocycles. The van der Waals surface area contributed by atoms with Crippen LogP contribution in [0, 0.1) is 0 Å². The molecule has 0 aliphatic carbocycles. The van der Waals surface area contributed by atoms with Crippen LogP contribution in [-0.2, 0) is 10.4 Å². The second-order valence-corrected chi connectivity index (χ2v) is 3.80. The Morgan fingerprint density at radius 1 is 1.24 bits per heavy atom. The van der Waals surface area contributed by atoms with E-state index in [0.717, 1.165) is 0 Å². The van der Waals surface area contributed by atoms with E-state index in [-0.39, 0.29) is 5.69 Å². The fourth-order valence-electron chi connectivity index (χ4n) is 1.98. The molecule has 0 spiro atoms. The number of para-hydroxylation sites is 1. The van der Waals surface area contributed by atoms with Gasteiger partial charge in [0.25, 0.3) is 5.91 Å². The van der Waals surface area contributed by atoms with Crippen molar-refractivity contribution in [2.24, 2.45) is 0 Å². The van der Waals surface area contributed by atoms with Gasteiger partial charge in [-0.3, -0.25) is 14.8 Å². The largest absolute Gasteiger partial charge is 0.370 e. The first-order chi connectivity index (χ1) is 8.23. The Morgan fingerprint density at radius 3 is 2.82 bits per heavy atom. The van der Waals surface area contributed by atoms with Crippen molar-refractivity contribution >= 4 is 11.6 Å². The first-order valence-electron chi connectivity index (χ1n) is 5.13. The maximum atomic E-state index is 11.9. The van der Waals surface area contributed by atoms with E-state index in [0.29, 0.717) is 11.3 Å². The number of carbonyl (C=O) groups is 1. The molecule has 2 N–H and O–H groups in total. The molecule has 0 fully saturated rings. The van der Waals surface area contributed by atoms with Crippen molar-refractivity contribution < 1.29 is 9.90 Å². The highest BCUT2D eigenvalue weighted by Gasteiger charge is 2.48. The summed E-state index contributed by atoms with van der Waals surface area (Å²) < 4.78 is 0. The molecule has 5 heteroatoms. The van der Waals surface area contributed by atoms with Crippen molar-refractivity contribution in [3.05, 3.63) is 54.1 Å². The van der Waals surface area contributed by atoms with Gasteiger partial charge in [-0.15, -0.1) is 0 Å². The van der Waals surface area contributed by atoms with Crippen molar-refractivity contribution in [1.29, 1.82) is 0 Å². The highest BCUT2D eigenvalue weighted by Crippen LogP contribution is 2.39. The molecule has 1 aromatic carbocycles. The number of nitrogens with zero attached hydrogens (tertiary/aromatic N) is 2. The minimum atomic E-state index is -1.75. The van der Waals surface area contributed by atoms with Gasteiger partial charge in [-0.05, 0) is 6.07 Å². The van der Waals surface area contributed by atoms with Crippen LogP contribution >= 0.6 is 0 Å². The van der Waals surface area contributed by atoms with Gasteiger partial charge in [0.2, 0.25) is 5.60 Å². The predicted octanol–water partition coefficient (Wildman–Crippen LogP) is 0.665. The lowest BCUT2D eigenvalue weighted by Crippen LogP contribution is -2.36. The van der Waals surface area contributed by atoms with E-state index >= 15 is 0 Å². The summed E-state index contributed by atoms with van der Waals surface area (Å²) >= 11 is 0. The standard InChI is InChI=1S/C12H9N3O2/c16-11-12(17,10-7-13-5-6-14-10)8-3-1-2-4-9(8)15-11/h1-7,17H,(H,15,16). The van der Waals surface area contributed by atoms with Gasteiger partial charge in [-0.2, -0.15) is 0 Å². The second kappa shape index (κ2) is 3.36. The summed E-state index contributed by atoms with van der Waals surface area (Å²) in [4.78, 5) is 19.8. The van der Waals surface area contributed by atoms with E-state index in [2.05, 4.69) is 15.3 Å². The number of hydrogen-bond acceptors (Lipinski definition) is 4. The SMILES string of the molecule is O=C1Nc2ccccc2C1(O)c1cnccn1. The minimum Gasteiger partial charge on any atom is -0.370 e. The van der Waals surface area contributed by atoms with Crippen LogP contribution in [0.2, 0.25) is 0 Å². The van der Waals surface area contributed by atoms with Gasteiger partial charge in [0, 0.05) is 23.6 Å². The Kier molecular flexibility index (Phi) is 1.96. The summed E-state index contributed by atoms with van der Waals surface area (Å²) in [5.41, 5.74) is -0.413. The van der Waals surface area contributed by atoms with Gasteiger partial charge in [0.1, 0.15) is 5.69 Å². The molecule has 0 saturated heterocycles. The molecule has 17 heavy (non-hydrogen) atoms. The van der Waals surface area contributed by atoms with E-state index < -0.39 is 11.5 Å². The molecule has 1 aliphatic rings. The van der Waals surface area contributed by atoms with Gasteiger partial charge in [0.15, 0.2) is 0 Å². The molecule has 1 amide bonds. The number of fused-ring (bicyclic) bond motifs is 1. The molecule has 84 valence electrons. The Morgan fingerprint density at radius 2 is 2.06 bits per heavy atom. The number of aromatic nitrogens is 2. The number of aliphatic hydroxyl groups is 1. The second-order valence-electron chi connectivity index (χ2n) is 3.80. The average molecular weight is 227 g/mol. The van der Waals surface area contributed by atoms with Crippen molar-refractivity contribution in [2.75, 3.05) is 5.32 Å². The molecule has 0 bridgehead atoms. The van der Waals surface area contributed by atoms with Crippen LogP contribution in [0.5, 0.6) is 0 Å². The molecular formula is C12H9N3O2. The normalized spacial score (nSPS) is 22.1. The van der Waals surface area contributed by atoms with Gasteiger partial charge in [0.05, 0.1) is 6.20 Å². The van der Waals surface area contributed by atoms with Crippen molar-refractivity contribution in [3.8, 4) is 0 Å². The van der Waals surface area contributed by atoms with Crippen LogP contribution in [0.15, 0.2) is 42.9 Å². The van der Waals surface area contributed by atoms with Gasteiger partial charge in [-0.25, -0.2) is 0 Å². The van der Waals surface area contributed by atoms with Crippen LogP contribution in [0.3, 0.4) is 0 Å². The molecule has 1 aliphatic heterocycles. The van der Waals surface area contributed by atoms with E-state index in [1.807, 2.05) is 0 Å². The third-order valence-corrected chi connectivity index (χ3v) is 2.83. The van der Waals surface area contributed by atoms with Crippen LogP contribution in [0.25, 0.3) is 0 Å². The molecule has 2 aromatic rings. The zero-order valence-corrected chi connectivity index (χ0v) is 8.79. The number of amides is 1. The lowest BCUT2D eigenvalue weighted by molar-refractivity contribution is -0.130. The summed E-state index contributed by atoms with van der Waals surface area (Å²) in [6.07, 6.45) is 4.33. The Hall–Kier alpha value is -2.27. The zero-order chi connectivity index (χ0) is 11.9. The van der Waals surface area contributed by atoms with Crippen molar-refractivity contribution in [1.82, 2.24) is 9.97 Å². The van der Waals surface area contributed by atoms with E-state index in [4.69, 9.17) is 0 Å². The third-order valence-electron chi connectivity index (χ3n) is 2.83. The van der Waals surface area contributed by atoms with Crippen LogP contribution in [-0.4, -0.2) is 21.0 Å². The Bertz CT molecular complexity index is 585. The lowest BCUT2D eigenvalue weighted by Gasteiger charge is -2.19. The minimum absolute atomic E-state index is 0.224. The van der Waals surface area contributed by atoms with Gasteiger partial charge in [-0.1, -0.05) is 18.2 Å². The molecule has 5 nitrogen and oxygen atoms in total. The third kappa shape index (κ3) is 1.26. The molecule has 1 atom stereocenters. The summed E-state index contributed by atoms with van der Waals surface area (Å²) in [5, 5.41) is 13.2. The van der Waals surface area contributed by atoms with Crippen LogP contribution < -0.4 is 5.32 Å². The topological polar surface area (TPSA) is 75.1 Å². The Labute approximate surface area is 97.2 Å². The molecule has 2 heterocycles. The van der Waals surface area contributed by atoms with Crippen LogP contribution in [0.4, 0.5) is 5.69 Å². The Balaban J connectivity index is 2.24. The quantitative estimate of drug-likeness (QED) is 0.750. The van der Waals surface area contributed by atoms with E-state index in [9.17, 15) is 9.90 Å². The number of carbonyl (C=O) groups excluding carboxylic acids is 1. The molecule has 1 unspecified atom stereocenters. The number of benzene rings is 1. The van der Waals surface area contributed by atoms with Crippen molar-refractivity contribution in [2.45, 2.75) is 5.60 Å².